The quantitative estimate of drug-likeness (QED) is 0.325. The van der Waals surface area contributed by atoms with Crippen LogP contribution < -0.4 is 0 Å². The second kappa shape index (κ2) is 7.61. The monoisotopic (exact) mass is 273 g/mol. The van der Waals surface area contributed by atoms with Crippen molar-refractivity contribution in [3.8, 4) is 0 Å². The van der Waals surface area contributed by atoms with Gasteiger partial charge in [0, 0.05) is 12.8 Å². The molecule has 0 radical (unpaired) electrons. The third-order valence-corrected chi connectivity index (χ3v) is 4.70. The van der Waals surface area contributed by atoms with E-state index in [9.17, 15) is 0 Å². The molecule has 0 aromatic rings. The van der Waals surface area contributed by atoms with Gasteiger partial charge in [-0.2, -0.15) is 0 Å². The summed E-state index contributed by atoms with van der Waals surface area (Å²) in [6.45, 7) is 13.1. The van der Waals surface area contributed by atoms with Crippen LogP contribution in [-0.2, 0) is 0 Å². The molecule has 0 N–H and O–H groups in total. The molecular weight excluding hydrogens is 242 g/mol. The third kappa shape index (κ3) is 3.94. The molecule has 0 saturated carbocycles. The highest BCUT2D eigenvalue weighted by Crippen LogP contribution is 2.42. The van der Waals surface area contributed by atoms with Crippen LogP contribution in [-0.4, -0.2) is 12.8 Å². The lowest BCUT2D eigenvalue weighted by molar-refractivity contribution is 0.243. The Bertz CT molecular complexity index is 437. The highest BCUT2D eigenvalue weighted by Gasteiger charge is 2.29. The van der Waals surface area contributed by atoms with Crippen molar-refractivity contribution >= 4 is 5.71 Å². The molecule has 1 aliphatic carbocycles. The summed E-state index contributed by atoms with van der Waals surface area (Å²) in [7, 11) is 1.90. The lowest BCUT2D eigenvalue weighted by Gasteiger charge is -2.35. The zero-order valence-electron chi connectivity index (χ0n) is 14.1. The van der Waals surface area contributed by atoms with Crippen LogP contribution >= 0.6 is 0 Å². The molecule has 1 unspecified atom stereocenters. The molecule has 0 amide bonds. The maximum absolute atomic E-state index is 4.47. The molecule has 1 heteroatoms. The normalized spacial score (nSPS) is 24.6. The van der Waals surface area contributed by atoms with Crippen molar-refractivity contribution in [3.05, 3.63) is 35.5 Å². The molecule has 112 valence electrons. The predicted molar refractivity (Wildman–Crippen MR) is 91.5 cm³/mol. The van der Waals surface area contributed by atoms with Crippen molar-refractivity contribution in [2.45, 2.75) is 66.2 Å². The largest absolute Gasteiger partial charge is 0.292 e. The summed E-state index contributed by atoms with van der Waals surface area (Å²) < 4.78 is 0. The smallest absolute Gasteiger partial charge is 0.0416 e. The van der Waals surface area contributed by atoms with Gasteiger partial charge in [-0.3, -0.25) is 4.99 Å². The molecule has 1 rings (SSSR count). The number of nitrogens with zero attached hydrogens (tertiary/aromatic N) is 1. The highest BCUT2D eigenvalue weighted by atomic mass is 14.7. The van der Waals surface area contributed by atoms with Crippen LogP contribution in [0.5, 0.6) is 0 Å². The molecule has 0 spiro atoms. The number of hydrogen-bond acceptors (Lipinski definition) is 1. The molecule has 0 aromatic heterocycles. The minimum atomic E-state index is 0.451. The van der Waals surface area contributed by atoms with Gasteiger partial charge in [0.2, 0.25) is 0 Å². The Kier molecular flexibility index (Phi) is 6.45. The van der Waals surface area contributed by atoms with Crippen molar-refractivity contribution in [1.29, 1.82) is 0 Å². The van der Waals surface area contributed by atoms with Gasteiger partial charge in [0.1, 0.15) is 0 Å². The molecule has 0 aromatic carbocycles. The minimum absolute atomic E-state index is 0.451. The van der Waals surface area contributed by atoms with Crippen molar-refractivity contribution in [2.24, 2.45) is 10.4 Å². The van der Waals surface area contributed by atoms with Crippen molar-refractivity contribution < 1.29 is 0 Å². The first-order chi connectivity index (χ1) is 9.49. The van der Waals surface area contributed by atoms with E-state index >= 15 is 0 Å². The Morgan fingerprint density at radius 3 is 2.35 bits per heavy atom. The SMILES string of the molecule is C=C(C)/C(C(CC)=NC)=C(/C)CC1(CC)CC=CCC1. The first-order valence-electron chi connectivity index (χ1n) is 7.96. The van der Waals surface area contributed by atoms with Crippen LogP contribution in [0.1, 0.15) is 66.2 Å². The fourth-order valence-electron chi connectivity index (χ4n) is 3.50. The van der Waals surface area contributed by atoms with Crippen LogP contribution in [0.4, 0.5) is 0 Å². The maximum atomic E-state index is 4.47. The first kappa shape index (κ1) is 16.9. The highest BCUT2D eigenvalue weighted by molar-refractivity contribution is 6.04. The zero-order valence-corrected chi connectivity index (χ0v) is 14.1. The van der Waals surface area contributed by atoms with E-state index in [0.717, 1.165) is 12.0 Å². The van der Waals surface area contributed by atoms with Crippen molar-refractivity contribution in [3.63, 3.8) is 0 Å². The van der Waals surface area contributed by atoms with Crippen LogP contribution in [0.3, 0.4) is 0 Å². The van der Waals surface area contributed by atoms with E-state index < -0.39 is 0 Å². The van der Waals surface area contributed by atoms with Gasteiger partial charge in [-0.15, -0.1) is 0 Å². The second-order valence-corrected chi connectivity index (χ2v) is 6.20. The summed E-state index contributed by atoms with van der Waals surface area (Å²) >= 11 is 0. The predicted octanol–water partition coefficient (Wildman–Crippen LogP) is 5.89. The van der Waals surface area contributed by atoms with Gasteiger partial charge in [-0.1, -0.05) is 38.2 Å². The van der Waals surface area contributed by atoms with E-state index in [1.165, 1.54) is 49.0 Å². The number of allylic oxidation sites excluding steroid dienone is 5. The number of hydrogen-bond donors (Lipinski definition) is 0. The summed E-state index contributed by atoms with van der Waals surface area (Å²) in [4.78, 5) is 4.47. The number of rotatable bonds is 6. The van der Waals surface area contributed by atoms with E-state index in [4.69, 9.17) is 0 Å². The summed E-state index contributed by atoms with van der Waals surface area (Å²) in [5, 5.41) is 0. The van der Waals surface area contributed by atoms with Crippen LogP contribution in [0, 0.1) is 5.41 Å². The molecule has 0 heterocycles. The molecule has 1 aliphatic rings. The average Bonchev–Trinajstić information content (AvgIpc) is 2.44. The topological polar surface area (TPSA) is 12.4 Å². The maximum Gasteiger partial charge on any atom is 0.0416 e. The van der Waals surface area contributed by atoms with E-state index in [-0.39, 0.29) is 0 Å². The van der Waals surface area contributed by atoms with Gasteiger partial charge in [0.25, 0.3) is 0 Å². The first-order valence-corrected chi connectivity index (χ1v) is 7.96. The molecular formula is C19H31N. The van der Waals surface area contributed by atoms with Crippen LogP contribution in [0.25, 0.3) is 0 Å². The van der Waals surface area contributed by atoms with E-state index in [1.54, 1.807) is 0 Å². The van der Waals surface area contributed by atoms with Crippen molar-refractivity contribution in [1.82, 2.24) is 0 Å². The minimum Gasteiger partial charge on any atom is -0.292 e. The fourth-order valence-corrected chi connectivity index (χ4v) is 3.50. The van der Waals surface area contributed by atoms with Gasteiger partial charge >= 0.3 is 0 Å². The molecule has 0 fully saturated rings. The molecule has 0 saturated heterocycles. The molecule has 0 aliphatic heterocycles. The van der Waals surface area contributed by atoms with Gasteiger partial charge in [0.05, 0.1) is 0 Å². The summed E-state index contributed by atoms with van der Waals surface area (Å²) in [6.07, 6.45) is 11.9. The van der Waals surface area contributed by atoms with Gasteiger partial charge < -0.3 is 0 Å². The van der Waals surface area contributed by atoms with Gasteiger partial charge in [-0.25, -0.2) is 0 Å². The molecule has 20 heavy (non-hydrogen) atoms. The lowest BCUT2D eigenvalue weighted by atomic mass is 9.70. The van der Waals surface area contributed by atoms with Gasteiger partial charge in [0.15, 0.2) is 0 Å². The summed E-state index contributed by atoms with van der Waals surface area (Å²) in [5.74, 6) is 0. The lowest BCUT2D eigenvalue weighted by Crippen LogP contribution is -2.22. The van der Waals surface area contributed by atoms with E-state index in [0.29, 0.717) is 5.41 Å². The molecule has 1 nitrogen and oxygen atoms in total. The Hall–Kier alpha value is -1.11. The number of aliphatic imine (C=N–C) groups is 1. The van der Waals surface area contributed by atoms with E-state index in [2.05, 4.69) is 51.4 Å². The van der Waals surface area contributed by atoms with E-state index in [1.807, 2.05) is 7.05 Å². The summed E-state index contributed by atoms with van der Waals surface area (Å²) in [5.41, 5.74) is 5.59. The third-order valence-electron chi connectivity index (χ3n) is 4.70. The Morgan fingerprint density at radius 2 is 1.95 bits per heavy atom. The van der Waals surface area contributed by atoms with Crippen LogP contribution in [0.2, 0.25) is 0 Å². The Labute approximate surface area is 125 Å². The van der Waals surface area contributed by atoms with Gasteiger partial charge in [-0.05, 0) is 68.9 Å². The zero-order chi connectivity index (χ0) is 15.2. The second-order valence-electron chi connectivity index (χ2n) is 6.20. The van der Waals surface area contributed by atoms with Crippen LogP contribution in [0.15, 0.2) is 40.4 Å². The summed E-state index contributed by atoms with van der Waals surface area (Å²) in [6, 6.07) is 0. The van der Waals surface area contributed by atoms with Crippen molar-refractivity contribution in [2.75, 3.05) is 7.05 Å². The Morgan fingerprint density at radius 1 is 1.25 bits per heavy atom. The average molecular weight is 273 g/mol. The standard InChI is InChI=1S/C19H31N/c1-7-17(20-6)18(15(3)4)16(5)14-19(8-2)12-10-9-11-13-19/h9-10H,3,7-8,11-14H2,1-2,4-6H3/b18-16+,20-17?. The Balaban J connectivity index is 3.10. The molecule has 0 bridgehead atoms. The molecule has 1 atom stereocenters. The fraction of sp³-hybridized carbons (Fsp3) is 0.632.